The molecule has 0 aliphatic heterocycles. The highest BCUT2D eigenvalue weighted by atomic mass is 32.2. The van der Waals surface area contributed by atoms with Gasteiger partial charge in [-0.1, -0.05) is 6.07 Å². The predicted octanol–water partition coefficient (Wildman–Crippen LogP) is 2.64. The van der Waals surface area contributed by atoms with Crippen molar-refractivity contribution in [3.63, 3.8) is 0 Å². The Bertz CT molecular complexity index is 778. The van der Waals surface area contributed by atoms with Crippen LogP contribution >= 0.6 is 0 Å². The fourth-order valence-corrected chi connectivity index (χ4v) is 2.64. The van der Waals surface area contributed by atoms with Crippen molar-refractivity contribution in [2.24, 2.45) is 0 Å². The predicted molar refractivity (Wildman–Crippen MR) is 68.3 cm³/mol. The Kier molecular flexibility index (Phi) is 3.68. The van der Waals surface area contributed by atoms with Crippen molar-refractivity contribution >= 4 is 15.7 Å². The SMILES string of the molecule is N#Cc1cccc(NS(=O)(=O)c2cc(F)cc(F)c2)c1. The molecule has 0 bridgehead atoms. The number of rotatable bonds is 3. The summed E-state index contributed by atoms with van der Waals surface area (Å²) in [5.74, 6) is -1.98. The fraction of sp³-hybridized carbons (Fsp3) is 0. The molecule has 0 saturated heterocycles. The van der Waals surface area contributed by atoms with Gasteiger partial charge in [-0.25, -0.2) is 17.2 Å². The molecule has 0 fully saturated rings. The molecule has 0 spiro atoms. The van der Waals surface area contributed by atoms with Crippen molar-refractivity contribution in [3.05, 3.63) is 59.7 Å². The maximum absolute atomic E-state index is 13.0. The monoisotopic (exact) mass is 294 g/mol. The van der Waals surface area contributed by atoms with Gasteiger partial charge in [0.15, 0.2) is 0 Å². The van der Waals surface area contributed by atoms with Crippen LogP contribution in [0.2, 0.25) is 0 Å². The van der Waals surface area contributed by atoms with Gasteiger partial charge in [0, 0.05) is 6.07 Å². The Morgan fingerprint density at radius 1 is 1.05 bits per heavy atom. The molecule has 0 aromatic heterocycles. The number of halogens is 2. The summed E-state index contributed by atoms with van der Waals surface area (Å²) < 4.78 is 52.2. The molecule has 2 rings (SSSR count). The number of anilines is 1. The van der Waals surface area contributed by atoms with E-state index < -0.39 is 26.6 Å². The van der Waals surface area contributed by atoms with Crippen LogP contribution in [0.1, 0.15) is 5.56 Å². The van der Waals surface area contributed by atoms with Crippen molar-refractivity contribution < 1.29 is 17.2 Å². The van der Waals surface area contributed by atoms with E-state index in [4.69, 9.17) is 5.26 Å². The third-order valence-electron chi connectivity index (χ3n) is 2.39. The lowest BCUT2D eigenvalue weighted by molar-refractivity contribution is 0.568. The third kappa shape index (κ3) is 3.10. The highest BCUT2D eigenvalue weighted by Crippen LogP contribution is 2.18. The Labute approximate surface area is 114 Å². The second kappa shape index (κ2) is 5.27. The van der Waals surface area contributed by atoms with E-state index in [1.165, 1.54) is 24.3 Å². The molecule has 0 atom stereocenters. The van der Waals surface area contributed by atoms with Gasteiger partial charge in [0.1, 0.15) is 11.6 Å². The Hall–Kier alpha value is -2.46. The summed E-state index contributed by atoms with van der Waals surface area (Å²) in [7, 11) is -4.12. The minimum absolute atomic E-state index is 0.133. The molecule has 1 N–H and O–H groups in total. The summed E-state index contributed by atoms with van der Waals surface area (Å²) in [6, 6.07) is 9.58. The number of nitriles is 1. The molecule has 2 aromatic rings. The molecule has 0 radical (unpaired) electrons. The van der Waals surface area contributed by atoms with Crippen LogP contribution in [0.5, 0.6) is 0 Å². The van der Waals surface area contributed by atoms with Gasteiger partial charge in [-0.15, -0.1) is 0 Å². The minimum atomic E-state index is -4.12. The van der Waals surface area contributed by atoms with Crippen LogP contribution < -0.4 is 4.72 Å². The molecular formula is C13H8F2N2O2S. The summed E-state index contributed by atoms with van der Waals surface area (Å²) in [5, 5.41) is 8.72. The van der Waals surface area contributed by atoms with E-state index in [0.29, 0.717) is 18.2 Å². The van der Waals surface area contributed by atoms with Gasteiger partial charge in [0.25, 0.3) is 10.0 Å². The number of hydrogen-bond donors (Lipinski definition) is 1. The molecule has 0 saturated carbocycles. The van der Waals surface area contributed by atoms with Crippen molar-refractivity contribution in [2.45, 2.75) is 4.90 Å². The summed E-state index contributed by atoms with van der Waals surface area (Å²) in [6.45, 7) is 0. The molecule has 20 heavy (non-hydrogen) atoms. The van der Waals surface area contributed by atoms with Crippen LogP contribution in [0.4, 0.5) is 14.5 Å². The molecule has 0 amide bonds. The van der Waals surface area contributed by atoms with E-state index in [1.807, 2.05) is 6.07 Å². The van der Waals surface area contributed by atoms with E-state index in [0.717, 1.165) is 0 Å². The number of hydrogen-bond acceptors (Lipinski definition) is 3. The van der Waals surface area contributed by atoms with Gasteiger partial charge in [-0.05, 0) is 30.3 Å². The Morgan fingerprint density at radius 3 is 2.30 bits per heavy atom. The third-order valence-corrected chi connectivity index (χ3v) is 3.75. The minimum Gasteiger partial charge on any atom is -0.280 e. The van der Waals surface area contributed by atoms with Crippen LogP contribution in [0, 0.1) is 23.0 Å². The van der Waals surface area contributed by atoms with Crippen LogP contribution in [0.15, 0.2) is 47.4 Å². The Balaban J connectivity index is 2.38. The number of nitrogens with one attached hydrogen (secondary N) is 1. The van der Waals surface area contributed by atoms with Crippen molar-refractivity contribution in [3.8, 4) is 6.07 Å². The molecule has 0 aliphatic carbocycles. The summed E-state index contributed by atoms with van der Waals surface area (Å²) in [6.07, 6.45) is 0. The van der Waals surface area contributed by atoms with Gasteiger partial charge in [0.2, 0.25) is 0 Å². The normalized spacial score (nSPS) is 10.8. The summed E-state index contributed by atoms with van der Waals surface area (Å²) >= 11 is 0. The second-order valence-electron chi connectivity index (χ2n) is 3.90. The van der Waals surface area contributed by atoms with Crippen LogP contribution in [-0.2, 0) is 10.0 Å². The zero-order valence-corrected chi connectivity index (χ0v) is 10.8. The van der Waals surface area contributed by atoms with Gasteiger partial charge >= 0.3 is 0 Å². The second-order valence-corrected chi connectivity index (χ2v) is 5.59. The highest BCUT2D eigenvalue weighted by Gasteiger charge is 2.16. The zero-order valence-electron chi connectivity index (χ0n) is 9.97. The lowest BCUT2D eigenvalue weighted by Crippen LogP contribution is -2.13. The average molecular weight is 294 g/mol. The van der Waals surface area contributed by atoms with Crippen molar-refractivity contribution in [1.82, 2.24) is 0 Å². The first kappa shape index (κ1) is 14.0. The summed E-state index contributed by atoms with van der Waals surface area (Å²) in [5.41, 5.74) is 0.393. The summed E-state index contributed by atoms with van der Waals surface area (Å²) in [4.78, 5) is -0.530. The first-order chi connectivity index (χ1) is 9.40. The molecule has 0 unspecified atom stereocenters. The molecule has 0 heterocycles. The lowest BCUT2D eigenvalue weighted by Gasteiger charge is -2.08. The average Bonchev–Trinajstić information content (AvgIpc) is 2.37. The molecule has 7 heteroatoms. The van der Waals surface area contributed by atoms with Gasteiger partial charge in [-0.2, -0.15) is 5.26 Å². The standard InChI is InChI=1S/C13H8F2N2O2S/c14-10-5-11(15)7-13(6-10)20(18,19)17-12-3-1-2-9(4-12)8-16/h1-7,17H. The molecule has 4 nitrogen and oxygen atoms in total. The van der Waals surface area contributed by atoms with E-state index in [9.17, 15) is 17.2 Å². The largest absolute Gasteiger partial charge is 0.280 e. The van der Waals surface area contributed by atoms with Crippen molar-refractivity contribution in [2.75, 3.05) is 4.72 Å². The molecule has 2 aromatic carbocycles. The first-order valence-corrected chi connectivity index (χ1v) is 6.88. The molecule has 0 aliphatic rings. The van der Waals surface area contributed by atoms with E-state index in [1.54, 1.807) is 0 Å². The topological polar surface area (TPSA) is 70.0 Å². The van der Waals surface area contributed by atoms with Gasteiger partial charge in [-0.3, -0.25) is 4.72 Å². The highest BCUT2D eigenvalue weighted by molar-refractivity contribution is 7.92. The molecule has 102 valence electrons. The van der Waals surface area contributed by atoms with E-state index >= 15 is 0 Å². The van der Waals surface area contributed by atoms with Crippen LogP contribution in [-0.4, -0.2) is 8.42 Å². The zero-order chi connectivity index (χ0) is 14.8. The first-order valence-electron chi connectivity index (χ1n) is 5.40. The van der Waals surface area contributed by atoms with E-state index in [-0.39, 0.29) is 11.3 Å². The van der Waals surface area contributed by atoms with E-state index in [2.05, 4.69) is 4.72 Å². The van der Waals surface area contributed by atoms with Crippen LogP contribution in [0.25, 0.3) is 0 Å². The maximum atomic E-state index is 13.0. The number of sulfonamides is 1. The number of nitrogens with zero attached hydrogens (tertiary/aromatic N) is 1. The van der Waals surface area contributed by atoms with Crippen LogP contribution in [0.3, 0.4) is 0 Å². The molecular weight excluding hydrogens is 286 g/mol. The number of benzene rings is 2. The quantitative estimate of drug-likeness (QED) is 0.946. The Morgan fingerprint density at radius 2 is 1.70 bits per heavy atom. The fourth-order valence-electron chi connectivity index (χ4n) is 1.55. The van der Waals surface area contributed by atoms with Gasteiger partial charge in [0.05, 0.1) is 22.2 Å². The lowest BCUT2D eigenvalue weighted by atomic mass is 10.2. The maximum Gasteiger partial charge on any atom is 0.262 e. The van der Waals surface area contributed by atoms with Crippen molar-refractivity contribution in [1.29, 1.82) is 5.26 Å². The smallest absolute Gasteiger partial charge is 0.262 e. The van der Waals surface area contributed by atoms with Gasteiger partial charge < -0.3 is 0 Å².